The fourth-order valence-electron chi connectivity index (χ4n) is 3.99. The van der Waals surface area contributed by atoms with Crippen molar-refractivity contribution in [2.75, 3.05) is 20.3 Å². The van der Waals surface area contributed by atoms with Gasteiger partial charge in [-0.05, 0) is 37.5 Å². The van der Waals surface area contributed by atoms with Crippen LogP contribution in [0.2, 0.25) is 0 Å². The summed E-state index contributed by atoms with van der Waals surface area (Å²) < 4.78 is 13.4. The van der Waals surface area contributed by atoms with Crippen LogP contribution >= 0.6 is 0 Å². The van der Waals surface area contributed by atoms with Crippen LogP contribution in [0.15, 0.2) is 48.5 Å². The van der Waals surface area contributed by atoms with Gasteiger partial charge in [-0.1, -0.05) is 36.4 Å². The van der Waals surface area contributed by atoms with E-state index in [4.69, 9.17) is 19.6 Å². The standard InChI is InChI=1S/C24H28N4O3/c1-17-24-25-23(20-9-5-4-6-10-20)26-28(24)14-15-31-22-16-19(11-12-21(22)30-3)8-7-13-27(17)18(2)29/h4-6,9-12,16-17H,7-8,13-15H2,1-3H3/t17-/m1/s1. The third-order valence-electron chi connectivity index (χ3n) is 5.63. The molecule has 1 amide bonds. The van der Waals surface area contributed by atoms with Crippen molar-refractivity contribution >= 4 is 5.91 Å². The molecule has 1 aromatic heterocycles. The number of aromatic nitrogens is 3. The highest BCUT2D eigenvalue weighted by molar-refractivity contribution is 5.73. The van der Waals surface area contributed by atoms with Crippen molar-refractivity contribution < 1.29 is 14.3 Å². The van der Waals surface area contributed by atoms with Gasteiger partial charge in [0.15, 0.2) is 17.3 Å². The number of nitrogens with zero attached hydrogens (tertiary/aromatic N) is 4. The molecule has 7 nitrogen and oxygen atoms in total. The Labute approximate surface area is 182 Å². The van der Waals surface area contributed by atoms with Crippen molar-refractivity contribution in [1.29, 1.82) is 0 Å². The van der Waals surface area contributed by atoms with E-state index in [2.05, 4.69) is 0 Å². The normalized spacial score (nSPS) is 16.9. The van der Waals surface area contributed by atoms with Crippen LogP contribution in [0.1, 0.15) is 37.7 Å². The van der Waals surface area contributed by atoms with Crippen molar-refractivity contribution in [2.24, 2.45) is 0 Å². The summed E-state index contributed by atoms with van der Waals surface area (Å²) in [5.41, 5.74) is 2.11. The summed E-state index contributed by atoms with van der Waals surface area (Å²) in [6.07, 6.45) is 1.69. The quantitative estimate of drug-likeness (QED) is 0.629. The number of hydrogen-bond acceptors (Lipinski definition) is 5. The number of aryl methyl sites for hydroxylation is 1. The molecular weight excluding hydrogens is 392 g/mol. The Hall–Kier alpha value is -3.35. The summed E-state index contributed by atoms with van der Waals surface area (Å²) in [6.45, 7) is 5.20. The molecule has 0 saturated carbocycles. The summed E-state index contributed by atoms with van der Waals surface area (Å²) in [5, 5.41) is 4.75. The summed E-state index contributed by atoms with van der Waals surface area (Å²) in [6, 6.07) is 15.7. The molecule has 0 N–H and O–H groups in total. The van der Waals surface area contributed by atoms with Gasteiger partial charge >= 0.3 is 0 Å². The Bertz CT molecular complexity index is 1050. The zero-order chi connectivity index (χ0) is 21.8. The van der Waals surface area contributed by atoms with Crippen molar-refractivity contribution in [3.05, 3.63) is 59.9 Å². The maximum Gasteiger partial charge on any atom is 0.220 e. The third kappa shape index (κ3) is 4.55. The number of fused-ring (bicyclic) bond motifs is 3. The molecule has 0 aliphatic carbocycles. The topological polar surface area (TPSA) is 69.5 Å². The molecule has 2 bridgehead atoms. The number of amides is 1. The number of ether oxygens (including phenoxy) is 2. The van der Waals surface area contributed by atoms with Gasteiger partial charge in [-0.15, -0.1) is 0 Å². The number of carbonyl (C=O) groups is 1. The molecule has 0 unspecified atom stereocenters. The Morgan fingerprint density at radius 2 is 1.97 bits per heavy atom. The molecular formula is C24H28N4O3. The molecule has 7 heteroatoms. The predicted octanol–water partition coefficient (Wildman–Crippen LogP) is 3.89. The maximum atomic E-state index is 12.5. The van der Waals surface area contributed by atoms with Gasteiger partial charge in [0.25, 0.3) is 0 Å². The Balaban J connectivity index is 1.71. The molecule has 1 aliphatic heterocycles. The van der Waals surface area contributed by atoms with Gasteiger partial charge in [-0.2, -0.15) is 5.10 Å². The number of methoxy groups -OCH3 is 1. The van der Waals surface area contributed by atoms with E-state index in [0.717, 1.165) is 35.5 Å². The summed E-state index contributed by atoms with van der Waals surface area (Å²) in [4.78, 5) is 19.2. The second-order valence-corrected chi connectivity index (χ2v) is 7.71. The minimum atomic E-state index is -0.194. The maximum absolute atomic E-state index is 12.5. The molecule has 0 radical (unpaired) electrons. The largest absolute Gasteiger partial charge is 0.493 e. The Morgan fingerprint density at radius 1 is 1.16 bits per heavy atom. The van der Waals surface area contributed by atoms with Gasteiger partial charge < -0.3 is 14.4 Å². The lowest BCUT2D eigenvalue weighted by atomic mass is 10.1. The average Bonchev–Trinajstić information content (AvgIpc) is 3.20. The zero-order valence-corrected chi connectivity index (χ0v) is 18.2. The van der Waals surface area contributed by atoms with Crippen LogP contribution in [0.3, 0.4) is 0 Å². The molecule has 2 aromatic carbocycles. The number of carbonyl (C=O) groups excluding carboxylic acids is 1. The van der Waals surface area contributed by atoms with Crippen LogP contribution in [-0.2, 0) is 17.8 Å². The summed E-state index contributed by atoms with van der Waals surface area (Å²) in [7, 11) is 1.64. The minimum absolute atomic E-state index is 0.0323. The predicted molar refractivity (Wildman–Crippen MR) is 118 cm³/mol. The first-order chi connectivity index (χ1) is 15.1. The Morgan fingerprint density at radius 3 is 2.71 bits per heavy atom. The van der Waals surface area contributed by atoms with Gasteiger partial charge in [0.05, 0.1) is 19.7 Å². The average molecular weight is 421 g/mol. The van der Waals surface area contributed by atoms with Gasteiger partial charge in [-0.3, -0.25) is 4.79 Å². The van der Waals surface area contributed by atoms with Gasteiger partial charge in [0.2, 0.25) is 5.91 Å². The van der Waals surface area contributed by atoms with E-state index in [1.807, 2.05) is 65.0 Å². The first-order valence-corrected chi connectivity index (χ1v) is 10.6. The lowest BCUT2D eigenvalue weighted by molar-refractivity contribution is -0.131. The number of hydrogen-bond donors (Lipinski definition) is 0. The second-order valence-electron chi connectivity index (χ2n) is 7.71. The third-order valence-corrected chi connectivity index (χ3v) is 5.63. The lowest BCUT2D eigenvalue weighted by Crippen LogP contribution is -2.34. The van der Waals surface area contributed by atoms with E-state index in [1.165, 1.54) is 0 Å². The molecule has 31 heavy (non-hydrogen) atoms. The fourth-order valence-corrected chi connectivity index (χ4v) is 3.99. The molecule has 3 aromatic rings. The van der Waals surface area contributed by atoms with Crippen LogP contribution < -0.4 is 9.47 Å². The number of benzene rings is 2. The molecule has 1 aliphatic rings. The highest BCUT2D eigenvalue weighted by Crippen LogP contribution is 2.30. The van der Waals surface area contributed by atoms with Crippen LogP contribution in [0.5, 0.6) is 11.5 Å². The molecule has 4 rings (SSSR count). The van der Waals surface area contributed by atoms with Crippen LogP contribution in [-0.4, -0.2) is 45.8 Å². The molecule has 0 spiro atoms. The molecule has 1 atom stereocenters. The second kappa shape index (κ2) is 9.20. The van der Waals surface area contributed by atoms with Gasteiger partial charge in [0, 0.05) is 19.0 Å². The van der Waals surface area contributed by atoms with E-state index in [-0.39, 0.29) is 11.9 Å². The fraction of sp³-hybridized carbons (Fsp3) is 0.375. The van der Waals surface area contributed by atoms with E-state index in [0.29, 0.717) is 31.3 Å². The lowest BCUT2D eigenvalue weighted by Gasteiger charge is -2.27. The van der Waals surface area contributed by atoms with E-state index in [1.54, 1.807) is 14.0 Å². The van der Waals surface area contributed by atoms with Crippen molar-refractivity contribution in [2.45, 2.75) is 39.3 Å². The Kier molecular flexibility index (Phi) is 6.21. The zero-order valence-electron chi connectivity index (χ0n) is 18.2. The first kappa shape index (κ1) is 20.9. The van der Waals surface area contributed by atoms with E-state index < -0.39 is 0 Å². The van der Waals surface area contributed by atoms with Crippen molar-refractivity contribution in [1.82, 2.24) is 19.7 Å². The smallest absolute Gasteiger partial charge is 0.220 e. The van der Waals surface area contributed by atoms with Gasteiger partial charge in [-0.25, -0.2) is 9.67 Å². The minimum Gasteiger partial charge on any atom is -0.493 e. The van der Waals surface area contributed by atoms with Gasteiger partial charge in [0.1, 0.15) is 12.4 Å². The molecule has 0 fully saturated rings. The van der Waals surface area contributed by atoms with Crippen LogP contribution in [0.4, 0.5) is 0 Å². The molecule has 0 saturated heterocycles. The SMILES string of the molecule is COc1ccc2cc1OCCn1nc(-c3ccccc3)nc1[C@@H](C)N(C(C)=O)CCC2. The summed E-state index contributed by atoms with van der Waals surface area (Å²) in [5.74, 6) is 2.87. The van der Waals surface area contributed by atoms with E-state index >= 15 is 0 Å². The molecule has 2 heterocycles. The van der Waals surface area contributed by atoms with Crippen molar-refractivity contribution in [3.63, 3.8) is 0 Å². The van der Waals surface area contributed by atoms with Crippen molar-refractivity contribution in [3.8, 4) is 22.9 Å². The highest BCUT2D eigenvalue weighted by atomic mass is 16.5. The van der Waals surface area contributed by atoms with Crippen LogP contribution in [0, 0.1) is 0 Å². The van der Waals surface area contributed by atoms with E-state index in [9.17, 15) is 4.79 Å². The first-order valence-electron chi connectivity index (χ1n) is 10.6. The number of rotatable bonds is 2. The highest BCUT2D eigenvalue weighted by Gasteiger charge is 2.25. The van der Waals surface area contributed by atoms with Crippen LogP contribution in [0.25, 0.3) is 11.4 Å². The summed E-state index contributed by atoms with van der Waals surface area (Å²) >= 11 is 0. The molecule has 162 valence electrons. The monoisotopic (exact) mass is 420 g/mol.